The molecular formula is C14H27N3O4S. The number of hydrogen-bond acceptors (Lipinski definition) is 5. The molecule has 0 bridgehead atoms. The Morgan fingerprint density at radius 1 is 1.23 bits per heavy atom. The molecule has 0 aliphatic carbocycles. The Morgan fingerprint density at radius 2 is 1.86 bits per heavy atom. The van der Waals surface area contributed by atoms with Crippen LogP contribution in [0.1, 0.15) is 20.3 Å². The minimum atomic E-state index is -3.10. The molecule has 0 radical (unpaired) electrons. The van der Waals surface area contributed by atoms with Gasteiger partial charge in [-0.25, -0.2) is 8.42 Å². The Hall–Kier alpha value is -1.15. The molecule has 0 spiro atoms. The second-order valence-corrected chi connectivity index (χ2v) is 8.69. The van der Waals surface area contributed by atoms with Crippen LogP contribution in [0.5, 0.6) is 0 Å². The Morgan fingerprint density at radius 3 is 2.32 bits per heavy atom. The summed E-state index contributed by atoms with van der Waals surface area (Å²) in [5.41, 5.74) is 0. The van der Waals surface area contributed by atoms with Crippen molar-refractivity contribution in [1.29, 1.82) is 0 Å². The summed E-state index contributed by atoms with van der Waals surface area (Å²) in [6, 6.07) is -0.401. The third-order valence-electron chi connectivity index (χ3n) is 3.56. The van der Waals surface area contributed by atoms with Crippen molar-refractivity contribution in [2.75, 3.05) is 45.2 Å². The lowest BCUT2D eigenvalue weighted by atomic mass is 10.2. The molecule has 7 nitrogen and oxygen atoms in total. The monoisotopic (exact) mass is 333 g/mol. The van der Waals surface area contributed by atoms with Gasteiger partial charge in [-0.3, -0.25) is 9.59 Å². The average Bonchev–Trinajstić information content (AvgIpc) is 2.75. The van der Waals surface area contributed by atoms with Crippen molar-refractivity contribution >= 4 is 21.7 Å². The van der Waals surface area contributed by atoms with E-state index in [1.165, 1.54) is 4.90 Å². The lowest BCUT2D eigenvalue weighted by molar-refractivity contribution is -0.147. The van der Waals surface area contributed by atoms with Gasteiger partial charge in [0, 0.05) is 25.7 Å². The van der Waals surface area contributed by atoms with Gasteiger partial charge in [0.1, 0.15) is 0 Å². The van der Waals surface area contributed by atoms with Crippen molar-refractivity contribution in [3.05, 3.63) is 0 Å². The van der Waals surface area contributed by atoms with Crippen molar-refractivity contribution in [3.63, 3.8) is 0 Å². The number of amides is 2. The highest BCUT2D eigenvalue weighted by Crippen LogP contribution is 2.18. The van der Waals surface area contributed by atoms with Gasteiger partial charge >= 0.3 is 11.8 Å². The minimum Gasteiger partial charge on any atom is -0.348 e. The number of carbonyl (C=O) groups is 2. The molecule has 1 rings (SSSR count). The van der Waals surface area contributed by atoms with E-state index in [9.17, 15) is 18.0 Å². The van der Waals surface area contributed by atoms with Gasteiger partial charge in [-0.15, -0.1) is 0 Å². The van der Waals surface area contributed by atoms with Gasteiger partial charge in [0.2, 0.25) is 0 Å². The number of nitrogens with zero attached hydrogens (tertiary/aromatic N) is 2. The third-order valence-corrected chi connectivity index (χ3v) is 5.31. The summed E-state index contributed by atoms with van der Waals surface area (Å²) < 4.78 is 23.3. The summed E-state index contributed by atoms with van der Waals surface area (Å²) in [5, 5.41) is 2.60. The van der Waals surface area contributed by atoms with Crippen LogP contribution in [0.4, 0.5) is 0 Å². The zero-order chi connectivity index (χ0) is 16.9. The van der Waals surface area contributed by atoms with E-state index in [4.69, 9.17) is 0 Å². The first-order valence-electron chi connectivity index (χ1n) is 7.56. The number of nitrogens with one attached hydrogen (secondary N) is 1. The topological polar surface area (TPSA) is 86.8 Å². The quantitative estimate of drug-likeness (QED) is 0.652. The first kappa shape index (κ1) is 18.9. The molecule has 128 valence electrons. The second kappa shape index (κ2) is 7.92. The Labute approximate surface area is 132 Å². The van der Waals surface area contributed by atoms with E-state index in [0.717, 1.165) is 0 Å². The summed E-state index contributed by atoms with van der Waals surface area (Å²) in [4.78, 5) is 27.7. The van der Waals surface area contributed by atoms with Crippen LogP contribution < -0.4 is 5.32 Å². The predicted octanol–water partition coefficient (Wildman–Crippen LogP) is -0.664. The minimum absolute atomic E-state index is 0.0520. The number of hydrogen-bond donors (Lipinski definition) is 1. The molecule has 0 saturated carbocycles. The van der Waals surface area contributed by atoms with Crippen LogP contribution in [0.15, 0.2) is 0 Å². The van der Waals surface area contributed by atoms with Gasteiger partial charge in [-0.2, -0.15) is 0 Å². The lowest BCUT2D eigenvalue weighted by Gasteiger charge is -2.29. The molecule has 22 heavy (non-hydrogen) atoms. The fourth-order valence-corrected chi connectivity index (χ4v) is 4.01. The molecule has 1 N–H and O–H groups in total. The molecule has 1 unspecified atom stereocenters. The van der Waals surface area contributed by atoms with E-state index in [-0.39, 0.29) is 17.4 Å². The van der Waals surface area contributed by atoms with Gasteiger partial charge in [0.15, 0.2) is 9.84 Å². The van der Waals surface area contributed by atoms with Crippen LogP contribution in [-0.2, 0) is 19.4 Å². The van der Waals surface area contributed by atoms with Crippen molar-refractivity contribution < 1.29 is 18.0 Å². The van der Waals surface area contributed by atoms with Gasteiger partial charge in [0.25, 0.3) is 0 Å². The molecule has 1 aliphatic rings. The SMILES string of the molecule is CC(C)CNC(=O)C(=O)N(CCN(C)C)C1CCS(=O)(=O)C1. The standard InChI is InChI=1S/C14H27N3O4S/c1-11(2)9-15-13(18)14(19)17(7-6-16(3)4)12-5-8-22(20,21)10-12/h11-12H,5-10H2,1-4H3,(H,15,18). The average molecular weight is 333 g/mol. The molecule has 1 fully saturated rings. The van der Waals surface area contributed by atoms with E-state index < -0.39 is 27.7 Å². The summed E-state index contributed by atoms with van der Waals surface area (Å²) in [7, 11) is 0.633. The summed E-state index contributed by atoms with van der Waals surface area (Å²) >= 11 is 0. The summed E-state index contributed by atoms with van der Waals surface area (Å²) in [6.45, 7) is 5.24. The zero-order valence-corrected chi connectivity index (χ0v) is 14.6. The Balaban J connectivity index is 2.76. The maximum absolute atomic E-state index is 12.4. The highest BCUT2D eigenvalue weighted by atomic mass is 32.2. The van der Waals surface area contributed by atoms with Crippen molar-refractivity contribution in [3.8, 4) is 0 Å². The second-order valence-electron chi connectivity index (χ2n) is 6.46. The molecule has 1 saturated heterocycles. The Kier molecular flexibility index (Phi) is 6.80. The van der Waals surface area contributed by atoms with Crippen LogP contribution in [0.2, 0.25) is 0 Å². The molecule has 1 aliphatic heterocycles. The maximum Gasteiger partial charge on any atom is 0.312 e. The third kappa shape index (κ3) is 5.92. The van der Waals surface area contributed by atoms with E-state index in [0.29, 0.717) is 26.1 Å². The first-order chi connectivity index (χ1) is 10.1. The molecule has 0 aromatic carbocycles. The maximum atomic E-state index is 12.4. The molecule has 8 heteroatoms. The number of rotatable bonds is 6. The summed E-state index contributed by atoms with van der Waals surface area (Å²) in [6.07, 6.45) is 0.402. The molecule has 0 aromatic rings. The largest absolute Gasteiger partial charge is 0.348 e. The van der Waals surface area contributed by atoms with E-state index >= 15 is 0 Å². The van der Waals surface area contributed by atoms with Crippen LogP contribution in [0, 0.1) is 5.92 Å². The van der Waals surface area contributed by atoms with Crippen molar-refractivity contribution in [1.82, 2.24) is 15.1 Å². The summed E-state index contributed by atoms with van der Waals surface area (Å²) in [5.74, 6) is -1.01. The van der Waals surface area contributed by atoms with Crippen LogP contribution in [-0.4, -0.2) is 81.3 Å². The van der Waals surface area contributed by atoms with Crippen molar-refractivity contribution in [2.24, 2.45) is 5.92 Å². The van der Waals surface area contributed by atoms with Crippen LogP contribution in [0.25, 0.3) is 0 Å². The normalized spacial score (nSPS) is 20.4. The smallest absolute Gasteiger partial charge is 0.312 e. The van der Waals surface area contributed by atoms with Gasteiger partial charge in [-0.05, 0) is 26.4 Å². The molecule has 1 heterocycles. The van der Waals surface area contributed by atoms with E-state index in [1.807, 2.05) is 32.8 Å². The fraction of sp³-hybridized carbons (Fsp3) is 0.857. The fourth-order valence-electron chi connectivity index (χ4n) is 2.28. The zero-order valence-electron chi connectivity index (χ0n) is 13.8. The predicted molar refractivity (Wildman–Crippen MR) is 85.2 cm³/mol. The van der Waals surface area contributed by atoms with Crippen LogP contribution in [0.3, 0.4) is 0 Å². The van der Waals surface area contributed by atoms with E-state index in [2.05, 4.69) is 5.32 Å². The Bertz CT molecular complexity index is 502. The molecule has 1 atom stereocenters. The molecule has 0 aromatic heterocycles. The number of carbonyl (C=O) groups excluding carboxylic acids is 2. The van der Waals surface area contributed by atoms with Gasteiger partial charge in [0.05, 0.1) is 11.5 Å². The molecular weight excluding hydrogens is 306 g/mol. The number of sulfone groups is 1. The van der Waals surface area contributed by atoms with Crippen LogP contribution >= 0.6 is 0 Å². The highest BCUT2D eigenvalue weighted by Gasteiger charge is 2.36. The first-order valence-corrected chi connectivity index (χ1v) is 9.38. The van der Waals surface area contributed by atoms with Crippen molar-refractivity contribution in [2.45, 2.75) is 26.3 Å². The molecule has 2 amide bonds. The van der Waals surface area contributed by atoms with Gasteiger partial charge < -0.3 is 15.1 Å². The van der Waals surface area contributed by atoms with Gasteiger partial charge in [-0.1, -0.05) is 13.8 Å². The highest BCUT2D eigenvalue weighted by molar-refractivity contribution is 7.91. The van der Waals surface area contributed by atoms with E-state index in [1.54, 1.807) is 0 Å². The lowest BCUT2D eigenvalue weighted by Crippen LogP contribution is -2.50. The number of likely N-dealkylation sites (N-methyl/N-ethyl adjacent to an activating group) is 1.